The molecule has 0 aliphatic carbocycles. The van der Waals surface area contributed by atoms with E-state index in [1.54, 1.807) is 7.11 Å². The fourth-order valence-corrected chi connectivity index (χ4v) is 3.99. The van der Waals surface area contributed by atoms with Crippen LogP contribution in [0.15, 0.2) is 54.6 Å². The van der Waals surface area contributed by atoms with E-state index in [0.29, 0.717) is 12.1 Å². The first-order valence-corrected chi connectivity index (χ1v) is 9.58. The molecule has 0 bridgehead atoms. The van der Waals surface area contributed by atoms with Crippen LogP contribution in [0.25, 0.3) is 0 Å². The van der Waals surface area contributed by atoms with Crippen molar-refractivity contribution in [2.45, 2.75) is 37.9 Å². The molecule has 2 aromatic rings. The lowest BCUT2D eigenvalue weighted by atomic mass is 9.90. The summed E-state index contributed by atoms with van der Waals surface area (Å²) >= 11 is 0. The molecule has 1 heterocycles. The SMILES string of the molecule is COc1ccccc1CN[C@@H]1CCCN(CCCO)[C@@H]1c1ccccc1. The van der Waals surface area contributed by atoms with Gasteiger partial charge in [0.25, 0.3) is 0 Å². The second-order valence-corrected chi connectivity index (χ2v) is 6.91. The van der Waals surface area contributed by atoms with Crippen LogP contribution in [0.5, 0.6) is 5.75 Å². The quantitative estimate of drug-likeness (QED) is 0.763. The lowest BCUT2D eigenvalue weighted by molar-refractivity contribution is 0.102. The van der Waals surface area contributed by atoms with Crippen LogP contribution in [0, 0.1) is 0 Å². The van der Waals surface area contributed by atoms with Gasteiger partial charge in [0.05, 0.1) is 13.2 Å². The fourth-order valence-electron chi connectivity index (χ4n) is 3.99. The molecule has 0 amide bonds. The zero-order valence-corrected chi connectivity index (χ0v) is 15.6. The van der Waals surface area contributed by atoms with Gasteiger partial charge in [0, 0.05) is 31.3 Å². The van der Waals surface area contributed by atoms with E-state index in [2.05, 4.69) is 52.7 Å². The summed E-state index contributed by atoms with van der Waals surface area (Å²) < 4.78 is 5.49. The van der Waals surface area contributed by atoms with Gasteiger partial charge in [0.1, 0.15) is 5.75 Å². The third kappa shape index (κ3) is 4.64. The number of nitrogens with one attached hydrogen (secondary N) is 1. The Morgan fingerprint density at radius 1 is 1.12 bits per heavy atom. The summed E-state index contributed by atoms with van der Waals surface area (Å²) in [5.74, 6) is 0.934. The number of nitrogens with zero attached hydrogens (tertiary/aromatic N) is 1. The number of ether oxygens (including phenoxy) is 1. The van der Waals surface area contributed by atoms with Crippen molar-refractivity contribution >= 4 is 0 Å². The largest absolute Gasteiger partial charge is 0.496 e. The number of likely N-dealkylation sites (tertiary alicyclic amines) is 1. The van der Waals surface area contributed by atoms with Crippen LogP contribution >= 0.6 is 0 Å². The molecule has 1 aliphatic heterocycles. The molecule has 2 aromatic carbocycles. The maximum Gasteiger partial charge on any atom is 0.123 e. The van der Waals surface area contributed by atoms with Crippen molar-refractivity contribution in [3.8, 4) is 5.75 Å². The van der Waals surface area contributed by atoms with Crippen molar-refractivity contribution in [3.05, 3.63) is 65.7 Å². The Morgan fingerprint density at radius 3 is 2.65 bits per heavy atom. The Morgan fingerprint density at radius 2 is 1.88 bits per heavy atom. The average Bonchev–Trinajstić information content (AvgIpc) is 2.71. The number of aliphatic hydroxyl groups excluding tert-OH is 1. The van der Waals surface area contributed by atoms with Crippen LogP contribution in [-0.4, -0.2) is 42.9 Å². The zero-order valence-electron chi connectivity index (χ0n) is 15.6. The molecule has 4 nitrogen and oxygen atoms in total. The van der Waals surface area contributed by atoms with Crippen LogP contribution in [0.3, 0.4) is 0 Å². The van der Waals surface area contributed by atoms with Gasteiger partial charge in [-0.3, -0.25) is 4.90 Å². The first-order valence-electron chi connectivity index (χ1n) is 9.58. The van der Waals surface area contributed by atoms with Crippen LogP contribution in [0.4, 0.5) is 0 Å². The van der Waals surface area contributed by atoms with E-state index in [4.69, 9.17) is 4.74 Å². The predicted molar refractivity (Wildman–Crippen MR) is 105 cm³/mol. The van der Waals surface area contributed by atoms with Gasteiger partial charge in [0.2, 0.25) is 0 Å². The molecule has 3 rings (SSSR count). The maximum absolute atomic E-state index is 9.27. The molecule has 1 fully saturated rings. The van der Waals surface area contributed by atoms with Crippen molar-refractivity contribution in [1.82, 2.24) is 10.2 Å². The van der Waals surface area contributed by atoms with Gasteiger partial charge in [-0.15, -0.1) is 0 Å². The van der Waals surface area contributed by atoms with E-state index >= 15 is 0 Å². The van der Waals surface area contributed by atoms with E-state index < -0.39 is 0 Å². The summed E-state index contributed by atoms with van der Waals surface area (Å²) in [5.41, 5.74) is 2.54. The minimum atomic E-state index is 0.247. The number of para-hydroxylation sites is 1. The fraction of sp³-hybridized carbons (Fsp3) is 0.455. The maximum atomic E-state index is 9.27. The molecule has 0 aromatic heterocycles. The number of hydrogen-bond donors (Lipinski definition) is 2. The number of hydrogen-bond acceptors (Lipinski definition) is 4. The summed E-state index contributed by atoms with van der Waals surface area (Å²) in [5, 5.41) is 13.1. The van der Waals surface area contributed by atoms with E-state index in [0.717, 1.165) is 38.2 Å². The third-order valence-corrected chi connectivity index (χ3v) is 5.23. The first-order chi connectivity index (χ1) is 12.8. The molecular weight excluding hydrogens is 324 g/mol. The van der Waals surface area contributed by atoms with Crippen molar-refractivity contribution in [2.24, 2.45) is 0 Å². The Kier molecular flexibility index (Phi) is 7.06. The van der Waals surface area contributed by atoms with Crippen LogP contribution in [0.1, 0.15) is 36.4 Å². The number of rotatable bonds is 8. The lowest BCUT2D eigenvalue weighted by Crippen LogP contribution is -2.48. The Balaban J connectivity index is 1.76. The predicted octanol–water partition coefficient (Wildman–Crippen LogP) is 3.37. The van der Waals surface area contributed by atoms with Gasteiger partial charge in [-0.25, -0.2) is 0 Å². The number of benzene rings is 2. The second kappa shape index (κ2) is 9.72. The number of aliphatic hydroxyl groups is 1. The molecule has 1 saturated heterocycles. The molecular formula is C22H30N2O2. The van der Waals surface area contributed by atoms with Crippen molar-refractivity contribution in [2.75, 3.05) is 26.8 Å². The highest BCUT2D eigenvalue weighted by atomic mass is 16.5. The standard InChI is InChI=1S/C22H30N2O2/c1-26-21-13-6-5-11-19(21)17-23-20-12-7-14-24(15-8-16-25)22(20)18-9-3-2-4-10-18/h2-6,9-11,13,20,22-23,25H,7-8,12,14-17H2,1H3/t20-,22-/m1/s1. The Bertz CT molecular complexity index is 662. The summed E-state index contributed by atoms with van der Waals surface area (Å²) in [4.78, 5) is 2.52. The molecule has 26 heavy (non-hydrogen) atoms. The van der Waals surface area contributed by atoms with Gasteiger partial charge >= 0.3 is 0 Å². The van der Waals surface area contributed by atoms with Crippen molar-refractivity contribution in [1.29, 1.82) is 0 Å². The average molecular weight is 354 g/mol. The smallest absolute Gasteiger partial charge is 0.123 e. The first kappa shape index (κ1) is 18.9. The van der Waals surface area contributed by atoms with Gasteiger partial charge in [0.15, 0.2) is 0 Å². The molecule has 0 spiro atoms. The normalized spacial score (nSPS) is 20.8. The lowest BCUT2D eigenvalue weighted by Gasteiger charge is -2.42. The van der Waals surface area contributed by atoms with Gasteiger partial charge in [-0.05, 0) is 37.4 Å². The van der Waals surface area contributed by atoms with Crippen LogP contribution in [0.2, 0.25) is 0 Å². The van der Waals surface area contributed by atoms with Crippen molar-refractivity contribution < 1.29 is 9.84 Å². The van der Waals surface area contributed by atoms with Gasteiger partial charge < -0.3 is 15.2 Å². The molecule has 1 aliphatic rings. The van der Waals surface area contributed by atoms with E-state index in [9.17, 15) is 5.11 Å². The van der Waals surface area contributed by atoms with E-state index in [-0.39, 0.29) is 6.61 Å². The summed E-state index contributed by atoms with van der Waals surface area (Å²) in [7, 11) is 1.73. The molecule has 4 heteroatoms. The summed E-state index contributed by atoms with van der Waals surface area (Å²) in [6, 6.07) is 19.7. The highest BCUT2D eigenvalue weighted by Gasteiger charge is 2.32. The van der Waals surface area contributed by atoms with Gasteiger partial charge in [-0.1, -0.05) is 48.5 Å². The summed E-state index contributed by atoms with van der Waals surface area (Å²) in [6.07, 6.45) is 3.16. The minimum absolute atomic E-state index is 0.247. The Hall–Kier alpha value is -1.88. The molecule has 0 saturated carbocycles. The molecule has 2 N–H and O–H groups in total. The monoisotopic (exact) mass is 354 g/mol. The Labute approximate surface area is 156 Å². The zero-order chi connectivity index (χ0) is 18.2. The van der Waals surface area contributed by atoms with E-state index in [1.807, 2.05) is 12.1 Å². The molecule has 0 radical (unpaired) electrons. The summed E-state index contributed by atoms with van der Waals surface area (Å²) in [6.45, 7) is 3.07. The third-order valence-electron chi connectivity index (χ3n) is 5.23. The van der Waals surface area contributed by atoms with Crippen LogP contribution in [-0.2, 0) is 6.54 Å². The minimum Gasteiger partial charge on any atom is -0.496 e. The van der Waals surface area contributed by atoms with Gasteiger partial charge in [-0.2, -0.15) is 0 Å². The molecule has 2 atom stereocenters. The van der Waals surface area contributed by atoms with E-state index in [1.165, 1.54) is 17.5 Å². The topological polar surface area (TPSA) is 44.7 Å². The van der Waals surface area contributed by atoms with Crippen LogP contribution < -0.4 is 10.1 Å². The molecule has 140 valence electrons. The highest BCUT2D eigenvalue weighted by Crippen LogP contribution is 2.32. The second-order valence-electron chi connectivity index (χ2n) is 6.91. The van der Waals surface area contributed by atoms with Crippen molar-refractivity contribution in [3.63, 3.8) is 0 Å². The number of methoxy groups -OCH3 is 1. The highest BCUT2D eigenvalue weighted by molar-refractivity contribution is 5.33. The number of piperidine rings is 1. The molecule has 0 unspecified atom stereocenters.